The largest absolute Gasteiger partial charge is 0.487 e. The van der Waals surface area contributed by atoms with Gasteiger partial charge in [0.1, 0.15) is 18.2 Å². The summed E-state index contributed by atoms with van der Waals surface area (Å²) in [7, 11) is 0. The Labute approximate surface area is 169 Å². The van der Waals surface area contributed by atoms with Gasteiger partial charge in [0.15, 0.2) is 0 Å². The fraction of sp³-hybridized carbons (Fsp3) is 0.125. The van der Waals surface area contributed by atoms with Gasteiger partial charge in [0.25, 0.3) is 0 Å². The SMILES string of the molecule is Fc1ccc(C=C2CNC(=Cc3ccc(OCc4ccccc4)cn3)CN2)cc1. The molecule has 1 aliphatic rings. The van der Waals surface area contributed by atoms with E-state index in [0.29, 0.717) is 19.7 Å². The molecule has 1 aromatic heterocycles. The molecule has 1 fully saturated rings. The molecule has 5 heteroatoms. The lowest BCUT2D eigenvalue weighted by atomic mass is 10.1. The van der Waals surface area contributed by atoms with E-state index >= 15 is 0 Å². The van der Waals surface area contributed by atoms with Crippen LogP contribution in [0.4, 0.5) is 4.39 Å². The van der Waals surface area contributed by atoms with E-state index < -0.39 is 0 Å². The average Bonchev–Trinajstić information content (AvgIpc) is 2.77. The molecule has 3 aromatic rings. The maximum absolute atomic E-state index is 13.0. The first-order chi connectivity index (χ1) is 14.2. The molecule has 4 nitrogen and oxygen atoms in total. The topological polar surface area (TPSA) is 46.2 Å². The van der Waals surface area contributed by atoms with Gasteiger partial charge in [0.05, 0.1) is 25.0 Å². The fourth-order valence-electron chi connectivity index (χ4n) is 2.99. The third-order valence-corrected chi connectivity index (χ3v) is 4.55. The smallest absolute Gasteiger partial charge is 0.138 e. The number of pyridine rings is 1. The number of nitrogens with one attached hydrogen (secondary N) is 2. The molecular formula is C24H22FN3O. The highest BCUT2D eigenvalue weighted by Crippen LogP contribution is 2.14. The number of ether oxygens (including phenoxy) is 1. The third-order valence-electron chi connectivity index (χ3n) is 4.55. The van der Waals surface area contributed by atoms with E-state index in [9.17, 15) is 4.39 Å². The standard InChI is InChI=1S/C24H22FN3O/c25-20-8-6-18(7-9-20)12-22-14-27-23(15-26-22)13-21-10-11-24(16-28-21)29-17-19-4-2-1-3-5-19/h1-13,16,26-27H,14-15,17H2. The van der Waals surface area contributed by atoms with Crippen molar-refractivity contribution in [3.05, 3.63) is 107 Å². The maximum Gasteiger partial charge on any atom is 0.138 e. The minimum absolute atomic E-state index is 0.226. The Morgan fingerprint density at radius 2 is 1.59 bits per heavy atom. The van der Waals surface area contributed by atoms with E-state index in [4.69, 9.17) is 4.74 Å². The summed E-state index contributed by atoms with van der Waals surface area (Å²) in [5.74, 6) is 0.520. The van der Waals surface area contributed by atoms with E-state index in [-0.39, 0.29) is 5.82 Å². The van der Waals surface area contributed by atoms with E-state index in [1.54, 1.807) is 18.3 Å². The predicted octanol–water partition coefficient (Wildman–Crippen LogP) is 4.37. The molecule has 0 bridgehead atoms. The van der Waals surface area contributed by atoms with Gasteiger partial charge in [-0.3, -0.25) is 4.98 Å². The van der Waals surface area contributed by atoms with Crippen LogP contribution in [0.3, 0.4) is 0 Å². The summed E-state index contributed by atoms with van der Waals surface area (Å²) < 4.78 is 18.8. The van der Waals surface area contributed by atoms with Gasteiger partial charge in [-0.1, -0.05) is 42.5 Å². The number of nitrogens with zero attached hydrogens (tertiary/aromatic N) is 1. The number of hydrogen-bond acceptors (Lipinski definition) is 4. The summed E-state index contributed by atoms with van der Waals surface area (Å²) in [4.78, 5) is 4.46. The van der Waals surface area contributed by atoms with Crippen molar-refractivity contribution in [3.63, 3.8) is 0 Å². The van der Waals surface area contributed by atoms with Crippen LogP contribution in [0.25, 0.3) is 12.2 Å². The maximum atomic E-state index is 13.0. The number of hydrogen-bond donors (Lipinski definition) is 2. The molecule has 146 valence electrons. The van der Waals surface area contributed by atoms with Crippen molar-refractivity contribution in [1.82, 2.24) is 15.6 Å². The molecule has 0 amide bonds. The van der Waals surface area contributed by atoms with Crippen LogP contribution in [-0.4, -0.2) is 18.1 Å². The van der Waals surface area contributed by atoms with Crippen LogP contribution in [0.15, 0.2) is 84.3 Å². The van der Waals surface area contributed by atoms with Crippen LogP contribution < -0.4 is 15.4 Å². The Bertz CT molecular complexity index is 985. The van der Waals surface area contributed by atoms with E-state index in [1.807, 2.05) is 54.6 Å². The molecule has 1 aliphatic heterocycles. The van der Waals surface area contributed by atoms with Crippen LogP contribution in [0.2, 0.25) is 0 Å². The van der Waals surface area contributed by atoms with Crippen molar-refractivity contribution in [2.24, 2.45) is 0 Å². The minimum Gasteiger partial charge on any atom is -0.487 e. The first-order valence-corrected chi connectivity index (χ1v) is 9.52. The predicted molar refractivity (Wildman–Crippen MR) is 113 cm³/mol. The highest BCUT2D eigenvalue weighted by Gasteiger charge is 2.08. The molecule has 0 unspecified atom stereocenters. The van der Waals surface area contributed by atoms with Gasteiger partial charge in [0, 0.05) is 11.4 Å². The molecule has 2 N–H and O–H groups in total. The molecule has 0 saturated carbocycles. The van der Waals surface area contributed by atoms with Crippen molar-refractivity contribution in [3.8, 4) is 5.75 Å². The summed E-state index contributed by atoms with van der Waals surface area (Å²) in [5.41, 5.74) is 5.09. The number of aromatic nitrogens is 1. The molecule has 0 atom stereocenters. The van der Waals surface area contributed by atoms with Crippen LogP contribution in [-0.2, 0) is 6.61 Å². The van der Waals surface area contributed by atoms with Gasteiger partial charge in [-0.15, -0.1) is 0 Å². The second-order valence-electron chi connectivity index (χ2n) is 6.79. The van der Waals surface area contributed by atoms with Gasteiger partial charge in [-0.25, -0.2) is 4.39 Å². The lowest BCUT2D eigenvalue weighted by molar-refractivity contribution is 0.305. The molecule has 2 aromatic carbocycles. The summed E-state index contributed by atoms with van der Waals surface area (Å²) in [6.45, 7) is 1.89. The quantitative estimate of drug-likeness (QED) is 0.682. The molecule has 2 heterocycles. The number of piperazine rings is 1. The van der Waals surface area contributed by atoms with Crippen LogP contribution in [0, 0.1) is 5.82 Å². The van der Waals surface area contributed by atoms with E-state index in [0.717, 1.165) is 34.0 Å². The Balaban J connectivity index is 1.31. The summed E-state index contributed by atoms with van der Waals surface area (Å²) in [5, 5.41) is 6.78. The van der Waals surface area contributed by atoms with Crippen LogP contribution in [0.1, 0.15) is 16.8 Å². The Morgan fingerprint density at radius 1 is 0.862 bits per heavy atom. The highest BCUT2D eigenvalue weighted by atomic mass is 19.1. The fourth-order valence-corrected chi connectivity index (χ4v) is 2.99. The molecule has 4 rings (SSSR count). The Hall–Kier alpha value is -3.60. The molecule has 29 heavy (non-hydrogen) atoms. The first-order valence-electron chi connectivity index (χ1n) is 9.52. The van der Waals surface area contributed by atoms with Gasteiger partial charge >= 0.3 is 0 Å². The molecular weight excluding hydrogens is 365 g/mol. The Morgan fingerprint density at radius 3 is 2.24 bits per heavy atom. The first kappa shape index (κ1) is 18.7. The molecule has 0 aliphatic carbocycles. The van der Waals surface area contributed by atoms with Gasteiger partial charge in [-0.05, 0) is 47.5 Å². The van der Waals surface area contributed by atoms with Crippen LogP contribution >= 0.6 is 0 Å². The van der Waals surface area contributed by atoms with Crippen molar-refractivity contribution in [1.29, 1.82) is 0 Å². The average molecular weight is 387 g/mol. The summed E-state index contributed by atoms with van der Waals surface area (Å²) >= 11 is 0. The van der Waals surface area contributed by atoms with Crippen LogP contribution in [0.5, 0.6) is 5.75 Å². The zero-order valence-corrected chi connectivity index (χ0v) is 15.9. The zero-order valence-electron chi connectivity index (χ0n) is 15.9. The highest BCUT2D eigenvalue weighted by molar-refractivity contribution is 5.55. The molecule has 0 radical (unpaired) electrons. The van der Waals surface area contributed by atoms with E-state index in [2.05, 4.69) is 15.6 Å². The number of halogens is 1. The Kier molecular flexibility index (Phi) is 5.86. The monoisotopic (exact) mass is 387 g/mol. The van der Waals surface area contributed by atoms with Gasteiger partial charge in [0.2, 0.25) is 0 Å². The van der Waals surface area contributed by atoms with Crippen molar-refractivity contribution in [2.75, 3.05) is 13.1 Å². The zero-order chi connectivity index (χ0) is 19.9. The second-order valence-corrected chi connectivity index (χ2v) is 6.79. The lowest BCUT2D eigenvalue weighted by Crippen LogP contribution is -2.36. The van der Waals surface area contributed by atoms with Gasteiger partial charge in [-0.2, -0.15) is 0 Å². The summed E-state index contributed by atoms with van der Waals surface area (Å²) in [6.07, 6.45) is 5.77. The lowest BCUT2D eigenvalue weighted by Gasteiger charge is -2.22. The third kappa shape index (κ3) is 5.45. The number of rotatable bonds is 5. The number of benzene rings is 2. The minimum atomic E-state index is -0.226. The normalized spacial score (nSPS) is 16.3. The van der Waals surface area contributed by atoms with Crippen molar-refractivity contribution in [2.45, 2.75) is 6.61 Å². The van der Waals surface area contributed by atoms with Crippen molar-refractivity contribution < 1.29 is 9.13 Å². The second kappa shape index (κ2) is 9.06. The molecule has 1 saturated heterocycles. The summed E-state index contributed by atoms with van der Waals surface area (Å²) in [6, 6.07) is 20.4. The van der Waals surface area contributed by atoms with Crippen molar-refractivity contribution >= 4 is 12.2 Å². The van der Waals surface area contributed by atoms with Gasteiger partial charge < -0.3 is 15.4 Å². The van der Waals surface area contributed by atoms with E-state index in [1.165, 1.54) is 12.1 Å². The molecule has 0 spiro atoms.